The first-order chi connectivity index (χ1) is 15.5. The van der Waals surface area contributed by atoms with Crippen LogP contribution >= 0.6 is 11.6 Å². The van der Waals surface area contributed by atoms with Gasteiger partial charge in [-0.2, -0.15) is 0 Å². The molecule has 4 rings (SSSR count). The lowest BCUT2D eigenvalue weighted by Gasteiger charge is -2.31. The highest BCUT2D eigenvalue weighted by Crippen LogP contribution is 2.25. The quantitative estimate of drug-likeness (QED) is 0.588. The summed E-state index contributed by atoms with van der Waals surface area (Å²) in [6.07, 6.45) is 0.363. The van der Waals surface area contributed by atoms with Crippen LogP contribution in [-0.2, 0) is 9.53 Å². The predicted octanol–water partition coefficient (Wildman–Crippen LogP) is 2.62. The minimum Gasteiger partial charge on any atom is -0.495 e. The number of para-hydroxylation sites is 2. The molecule has 2 heterocycles. The number of carbonyl (C=O) groups excluding carboxylic acids is 1. The summed E-state index contributed by atoms with van der Waals surface area (Å²) < 4.78 is 13.2. The van der Waals surface area contributed by atoms with Crippen LogP contribution in [0, 0.1) is 0 Å². The van der Waals surface area contributed by atoms with E-state index in [4.69, 9.17) is 21.1 Å². The molecule has 0 N–H and O–H groups in total. The van der Waals surface area contributed by atoms with Crippen LogP contribution in [0.3, 0.4) is 0 Å². The third-order valence-electron chi connectivity index (χ3n) is 5.68. The summed E-state index contributed by atoms with van der Waals surface area (Å²) in [4.78, 5) is 42.3. The van der Waals surface area contributed by atoms with Gasteiger partial charge in [-0.1, -0.05) is 30.7 Å². The van der Waals surface area contributed by atoms with Crippen LogP contribution in [0.4, 0.5) is 0 Å². The minimum absolute atomic E-state index is 0.190. The van der Waals surface area contributed by atoms with Gasteiger partial charge in [0.15, 0.2) is 0 Å². The zero-order chi connectivity index (χ0) is 22.8. The monoisotopic (exact) mass is 457 g/mol. The molecule has 3 aromatic rings. The predicted molar refractivity (Wildman–Crippen MR) is 122 cm³/mol. The Balaban J connectivity index is 2.03. The van der Waals surface area contributed by atoms with E-state index in [9.17, 15) is 14.4 Å². The zero-order valence-corrected chi connectivity index (χ0v) is 18.7. The zero-order valence-electron chi connectivity index (χ0n) is 17.9. The third-order valence-corrected chi connectivity index (χ3v) is 5.92. The molecule has 1 aliphatic rings. The van der Waals surface area contributed by atoms with Gasteiger partial charge in [-0.3, -0.25) is 14.2 Å². The van der Waals surface area contributed by atoms with E-state index in [1.807, 2.05) is 6.92 Å². The SMILES string of the molecule is CCC(C(=O)N1CCOCC1)n1c(=O)n(-c2ccccc2OC)c(=O)c2ccc(Cl)cc21. The van der Waals surface area contributed by atoms with Gasteiger partial charge in [0.2, 0.25) is 5.91 Å². The maximum Gasteiger partial charge on any atom is 0.337 e. The molecule has 1 fully saturated rings. The molecule has 0 radical (unpaired) electrons. The Kier molecular flexibility index (Phi) is 6.34. The molecule has 1 atom stereocenters. The molecule has 1 aliphatic heterocycles. The molecular weight excluding hydrogens is 434 g/mol. The lowest BCUT2D eigenvalue weighted by atomic mass is 10.1. The topological polar surface area (TPSA) is 82.8 Å². The first-order valence-electron chi connectivity index (χ1n) is 10.4. The van der Waals surface area contributed by atoms with E-state index >= 15 is 0 Å². The van der Waals surface area contributed by atoms with E-state index in [0.717, 1.165) is 4.57 Å². The van der Waals surface area contributed by atoms with Gasteiger partial charge in [0.05, 0.1) is 36.9 Å². The number of morpholine rings is 1. The minimum atomic E-state index is -0.803. The number of hydrogen-bond donors (Lipinski definition) is 0. The van der Waals surface area contributed by atoms with Gasteiger partial charge < -0.3 is 14.4 Å². The van der Waals surface area contributed by atoms with Crippen molar-refractivity contribution in [1.82, 2.24) is 14.0 Å². The van der Waals surface area contributed by atoms with Crippen LogP contribution in [0.25, 0.3) is 16.6 Å². The average molecular weight is 458 g/mol. The summed E-state index contributed by atoms with van der Waals surface area (Å²) in [6.45, 7) is 3.64. The largest absolute Gasteiger partial charge is 0.495 e. The number of carbonyl (C=O) groups is 1. The molecule has 1 amide bonds. The van der Waals surface area contributed by atoms with Crippen molar-refractivity contribution >= 4 is 28.4 Å². The van der Waals surface area contributed by atoms with Crippen molar-refractivity contribution in [2.45, 2.75) is 19.4 Å². The number of aromatic nitrogens is 2. The highest BCUT2D eigenvalue weighted by Gasteiger charge is 2.30. The molecule has 0 saturated carbocycles. The van der Waals surface area contributed by atoms with Crippen molar-refractivity contribution in [1.29, 1.82) is 0 Å². The molecule has 0 spiro atoms. The van der Waals surface area contributed by atoms with E-state index < -0.39 is 17.3 Å². The molecule has 1 unspecified atom stereocenters. The fourth-order valence-corrected chi connectivity index (χ4v) is 4.26. The van der Waals surface area contributed by atoms with Crippen LogP contribution < -0.4 is 16.0 Å². The number of hydrogen-bond acceptors (Lipinski definition) is 5. The molecular formula is C23H24ClN3O5. The summed E-state index contributed by atoms with van der Waals surface area (Å²) in [5.41, 5.74) is -0.491. The van der Waals surface area contributed by atoms with Gasteiger partial charge in [-0.25, -0.2) is 9.36 Å². The molecule has 8 nitrogen and oxygen atoms in total. The second kappa shape index (κ2) is 9.18. The maximum absolute atomic E-state index is 13.8. The number of ether oxygens (including phenoxy) is 2. The molecule has 32 heavy (non-hydrogen) atoms. The smallest absolute Gasteiger partial charge is 0.337 e. The summed E-state index contributed by atoms with van der Waals surface area (Å²) in [5, 5.41) is 0.655. The standard InChI is InChI=1S/C23H24ClN3O5/c1-3-17(22(29)25-10-12-32-13-11-25)26-19-14-15(24)8-9-16(19)21(28)27(23(26)30)18-6-4-5-7-20(18)31-2/h4-9,14,17H,3,10-13H2,1-2H3. The molecule has 1 saturated heterocycles. The van der Waals surface area contributed by atoms with E-state index in [2.05, 4.69) is 0 Å². The van der Waals surface area contributed by atoms with Crippen molar-refractivity contribution in [2.75, 3.05) is 33.4 Å². The Bertz CT molecular complexity index is 1280. The number of methoxy groups -OCH3 is 1. The van der Waals surface area contributed by atoms with Crippen LogP contribution in [0.15, 0.2) is 52.1 Å². The normalized spacial score (nSPS) is 15.0. The molecule has 1 aromatic heterocycles. The first kappa shape index (κ1) is 22.1. The third kappa shape index (κ3) is 3.80. The van der Waals surface area contributed by atoms with E-state index in [-0.39, 0.29) is 11.3 Å². The van der Waals surface area contributed by atoms with Crippen molar-refractivity contribution in [3.8, 4) is 11.4 Å². The summed E-state index contributed by atoms with van der Waals surface area (Å²) in [5.74, 6) is 0.184. The van der Waals surface area contributed by atoms with Crippen molar-refractivity contribution in [2.24, 2.45) is 0 Å². The lowest BCUT2D eigenvalue weighted by molar-refractivity contribution is -0.139. The summed E-state index contributed by atoms with van der Waals surface area (Å²) in [6, 6.07) is 10.7. The number of halogens is 1. The Morgan fingerprint density at radius 2 is 1.88 bits per heavy atom. The molecule has 168 valence electrons. The van der Waals surface area contributed by atoms with Gasteiger partial charge in [0.25, 0.3) is 5.56 Å². The Hall–Kier alpha value is -3.10. The average Bonchev–Trinajstić information content (AvgIpc) is 2.82. The highest BCUT2D eigenvalue weighted by molar-refractivity contribution is 6.31. The van der Waals surface area contributed by atoms with Crippen molar-refractivity contribution in [3.63, 3.8) is 0 Å². The number of nitrogens with zero attached hydrogens (tertiary/aromatic N) is 3. The van der Waals surface area contributed by atoms with Gasteiger partial charge in [0, 0.05) is 18.1 Å². The molecule has 2 aromatic carbocycles. The number of fused-ring (bicyclic) bond motifs is 1. The Morgan fingerprint density at radius 1 is 1.16 bits per heavy atom. The maximum atomic E-state index is 13.8. The fourth-order valence-electron chi connectivity index (χ4n) is 4.09. The van der Waals surface area contributed by atoms with Crippen LogP contribution in [0.2, 0.25) is 5.02 Å². The van der Waals surface area contributed by atoms with Gasteiger partial charge >= 0.3 is 5.69 Å². The highest BCUT2D eigenvalue weighted by atomic mass is 35.5. The van der Waals surface area contributed by atoms with E-state index in [1.54, 1.807) is 47.4 Å². The van der Waals surface area contributed by atoms with Crippen LogP contribution in [-0.4, -0.2) is 53.4 Å². The molecule has 0 aliphatic carbocycles. The summed E-state index contributed by atoms with van der Waals surface area (Å²) in [7, 11) is 1.47. The number of benzene rings is 2. The fraction of sp³-hybridized carbons (Fsp3) is 0.348. The Labute approximate surface area is 189 Å². The van der Waals surface area contributed by atoms with E-state index in [1.165, 1.54) is 11.7 Å². The summed E-state index contributed by atoms with van der Waals surface area (Å²) >= 11 is 6.22. The van der Waals surface area contributed by atoms with Crippen LogP contribution in [0.5, 0.6) is 5.75 Å². The van der Waals surface area contributed by atoms with Gasteiger partial charge in [-0.15, -0.1) is 0 Å². The van der Waals surface area contributed by atoms with Gasteiger partial charge in [0.1, 0.15) is 11.8 Å². The second-order valence-electron chi connectivity index (χ2n) is 7.49. The van der Waals surface area contributed by atoms with Crippen molar-refractivity contribution < 1.29 is 14.3 Å². The Morgan fingerprint density at radius 3 is 2.56 bits per heavy atom. The van der Waals surface area contributed by atoms with Gasteiger partial charge in [-0.05, 0) is 36.8 Å². The number of rotatable bonds is 5. The lowest BCUT2D eigenvalue weighted by Crippen LogP contribution is -2.48. The number of amides is 1. The van der Waals surface area contributed by atoms with Crippen LogP contribution in [0.1, 0.15) is 19.4 Å². The first-order valence-corrected chi connectivity index (χ1v) is 10.8. The van der Waals surface area contributed by atoms with E-state index in [0.29, 0.717) is 54.7 Å². The van der Waals surface area contributed by atoms with Crippen molar-refractivity contribution in [3.05, 3.63) is 68.3 Å². The molecule has 9 heteroatoms. The molecule has 0 bridgehead atoms. The second-order valence-corrected chi connectivity index (χ2v) is 7.92.